The van der Waals surface area contributed by atoms with Crippen LogP contribution in [0.2, 0.25) is 0 Å². The summed E-state index contributed by atoms with van der Waals surface area (Å²) in [7, 11) is 0. The van der Waals surface area contributed by atoms with Crippen LogP contribution in [0.25, 0.3) is 0 Å². The van der Waals surface area contributed by atoms with Crippen molar-refractivity contribution in [3.8, 4) is 0 Å². The van der Waals surface area contributed by atoms with E-state index < -0.39 is 0 Å². The Morgan fingerprint density at radius 3 is 3.06 bits per heavy atom. The van der Waals surface area contributed by atoms with Crippen LogP contribution in [-0.4, -0.2) is 49.2 Å². The molecule has 98 valence electrons. The van der Waals surface area contributed by atoms with Crippen molar-refractivity contribution in [2.75, 3.05) is 26.2 Å². The quantitative estimate of drug-likeness (QED) is 0.805. The molecule has 0 aromatic heterocycles. The van der Waals surface area contributed by atoms with E-state index in [2.05, 4.69) is 17.1 Å². The fourth-order valence-electron chi connectivity index (χ4n) is 2.83. The smallest absolute Gasteiger partial charge is 0.253 e. The Morgan fingerprint density at radius 2 is 2.35 bits per heavy atom. The van der Waals surface area contributed by atoms with E-state index in [0.29, 0.717) is 19.2 Å². The molecule has 0 aromatic rings. The summed E-state index contributed by atoms with van der Waals surface area (Å²) in [4.78, 5) is 14.5. The van der Waals surface area contributed by atoms with Crippen molar-refractivity contribution in [3.05, 3.63) is 0 Å². The molecule has 2 fully saturated rings. The van der Waals surface area contributed by atoms with Gasteiger partial charge in [-0.1, -0.05) is 13.3 Å². The third-order valence-electron chi connectivity index (χ3n) is 3.74. The second kappa shape index (κ2) is 6.36. The molecule has 2 saturated heterocycles. The van der Waals surface area contributed by atoms with Crippen molar-refractivity contribution in [2.24, 2.45) is 0 Å². The van der Waals surface area contributed by atoms with Gasteiger partial charge < -0.3 is 15.0 Å². The van der Waals surface area contributed by atoms with Crippen LogP contribution in [0, 0.1) is 0 Å². The normalized spacial score (nSPS) is 30.3. The molecule has 2 atom stereocenters. The van der Waals surface area contributed by atoms with Gasteiger partial charge >= 0.3 is 0 Å². The zero-order valence-electron chi connectivity index (χ0n) is 10.8. The lowest BCUT2D eigenvalue weighted by Gasteiger charge is -2.38. The number of nitrogens with one attached hydrogen (secondary N) is 1. The Hall–Kier alpha value is -0.610. The summed E-state index contributed by atoms with van der Waals surface area (Å²) in [6.07, 6.45) is 5.61. The second-order valence-corrected chi connectivity index (χ2v) is 5.03. The minimum Gasteiger partial charge on any atom is -0.366 e. The fourth-order valence-corrected chi connectivity index (χ4v) is 2.83. The number of amides is 1. The highest BCUT2D eigenvalue weighted by atomic mass is 16.5. The van der Waals surface area contributed by atoms with Gasteiger partial charge in [0.1, 0.15) is 6.10 Å². The monoisotopic (exact) mass is 240 g/mol. The maximum atomic E-state index is 12.4. The molecule has 0 aromatic carbocycles. The molecule has 2 aliphatic heterocycles. The number of rotatable bonds is 3. The van der Waals surface area contributed by atoms with Gasteiger partial charge in [-0.05, 0) is 25.7 Å². The Morgan fingerprint density at radius 1 is 1.47 bits per heavy atom. The molecule has 1 amide bonds. The Kier molecular flexibility index (Phi) is 4.80. The van der Waals surface area contributed by atoms with E-state index >= 15 is 0 Å². The Bertz CT molecular complexity index is 250. The summed E-state index contributed by atoms with van der Waals surface area (Å²) in [5.41, 5.74) is 0. The molecule has 0 bridgehead atoms. The molecule has 4 nitrogen and oxygen atoms in total. The highest BCUT2D eigenvalue weighted by Crippen LogP contribution is 2.22. The number of carbonyl (C=O) groups excluding carboxylic acids is 1. The number of carbonyl (C=O) groups is 1. The summed E-state index contributed by atoms with van der Waals surface area (Å²) < 4.78 is 5.57. The molecule has 2 unspecified atom stereocenters. The van der Waals surface area contributed by atoms with Gasteiger partial charge in [0, 0.05) is 25.7 Å². The summed E-state index contributed by atoms with van der Waals surface area (Å²) in [6, 6.07) is 0.451. The summed E-state index contributed by atoms with van der Waals surface area (Å²) >= 11 is 0. The van der Waals surface area contributed by atoms with E-state index in [4.69, 9.17) is 4.74 Å². The molecule has 0 radical (unpaired) electrons. The number of hydrogen-bond donors (Lipinski definition) is 1. The van der Waals surface area contributed by atoms with E-state index in [9.17, 15) is 4.79 Å². The van der Waals surface area contributed by atoms with Crippen LogP contribution in [0.5, 0.6) is 0 Å². The third kappa shape index (κ3) is 3.19. The van der Waals surface area contributed by atoms with Crippen LogP contribution in [-0.2, 0) is 9.53 Å². The highest BCUT2D eigenvalue weighted by Gasteiger charge is 2.32. The molecular weight excluding hydrogens is 216 g/mol. The van der Waals surface area contributed by atoms with Crippen molar-refractivity contribution < 1.29 is 9.53 Å². The predicted molar refractivity (Wildman–Crippen MR) is 66.9 cm³/mol. The summed E-state index contributed by atoms with van der Waals surface area (Å²) in [5.74, 6) is 0.204. The first-order valence-corrected chi connectivity index (χ1v) is 6.95. The van der Waals surface area contributed by atoms with Gasteiger partial charge in [0.2, 0.25) is 0 Å². The molecule has 0 aliphatic carbocycles. The van der Waals surface area contributed by atoms with Crippen molar-refractivity contribution >= 4 is 5.91 Å². The van der Waals surface area contributed by atoms with Crippen molar-refractivity contribution in [2.45, 2.75) is 51.2 Å². The van der Waals surface area contributed by atoms with Gasteiger partial charge in [0.05, 0.1) is 6.61 Å². The molecule has 2 heterocycles. The zero-order valence-corrected chi connectivity index (χ0v) is 10.8. The van der Waals surface area contributed by atoms with E-state index in [0.717, 1.165) is 32.4 Å². The molecule has 2 rings (SSSR count). The largest absolute Gasteiger partial charge is 0.366 e. The average molecular weight is 240 g/mol. The molecule has 17 heavy (non-hydrogen) atoms. The van der Waals surface area contributed by atoms with Crippen molar-refractivity contribution in [1.29, 1.82) is 0 Å². The number of hydrogen-bond acceptors (Lipinski definition) is 3. The Balaban J connectivity index is 1.94. The fraction of sp³-hybridized carbons (Fsp3) is 0.923. The minimum atomic E-state index is -0.249. The Labute approximate surface area is 104 Å². The first-order chi connectivity index (χ1) is 8.33. The molecule has 0 saturated carbocycles. The number of morpholine rings is 1. The maximum absolute atomic E-state index is 12.4. The van der Waals surface area contributed by atoms with Gasteiger partial charge in [0.15, 0.2) is 0 Å². The standard InChI is InChI=1S/C13H24N2O2/c1-2-5-11-6-3-4-8-15(11)13(16)12-10-14-7-9-17-12/h11-12,14H,2-10H2,1H3. The van der Waals surface area contributed by atoms with Gasteiger partial charge in [-0.3, -0.25) is 4.79 Å². The lowest BCUT2D eigenvalue weighted by atomic mass is 9.97. The molecule has 0 spiro atoms. The number of likely N-dealkylation sites (tertiary alicyclic amines) is 1. The van der Waals surface area contributed by atoms with Gasteiger partial charge in [0.25, 0.3) is 5.91 Å². The van der Waals surface area contributed by atoms with E-state index in [1.54, 1.807) is 0 Å². The van der Waals surface area contributed by atoms with Crippen molar-refractivity contribution in [3.63, 3.8) is 0 Å². The predicted octanol–water partition coefficient (Wildman–Crippen LogP) is 1.16. The lowest BCUT2D eigenvalue weighted by Crippen LogP contribution is -2.53. The van der Waals surface area contributed by atoms with Crippen LogP contribution in [0.4, 0.5) is 0 Å². The van der Waals surface area contributed by atoms with E-state index in [-0.39, 0.29) is 12.0 Å². The molecular formula is C13H24N2O2. The maximum Gasteiger partial charge on any atom is 0.253 e. The van der Waals surface area contributed by atoms with Crippen LogP contribution >= 0.6 is 0 Å². The molecule has 4 heteroatoms. The van der Waals surface area contributed by atoms with Crippen LogP contribution in [0.1, 0.15) is 39.0 Å². The van der Waals surface area contributed by atoms with Crippen LogP contribution in [0.15, 0.2) is 0 Å². The second-order valence-electron chi connectivity index (χ2n) is 5.03. The van der Waals surface area contributed by atoms with Crippen molar-refractivity contribution in [1.82, 2.24) is 10.2 Å². The third-order valence-corrected chi connectivity index (χ3v) is 3.74. The number of nitrogens with zero attached hydrogens (tertiary/aromatic N) is 1. The van der Waals surface area contributed by atoms with Crippen LogP contribution < -0.4 is 5.32 Å². The summed E-state index contributed by atoms with van der Waals surface area (Å²) in [5, 5.41) is 3.23. The number of ether oxygens (including phenoxy) is 1. The number of piperidine rings is 1. The van der Waals surface area contributed by atoms with E-state index in [1.807, 2.05) is 0 Å². The molecule has 2 aliphatic rings. The SMILES string of the molecule is CCCC1CCCCN1C(=O)C1CNCCO1. The first kappa shape index (κ1) is 12.8. The zero-order chi connectivity index (χ0) is 12.1. The summed E-state index contributed by atoms with van der Waals surface area (Å²) in [6.45, 7) is 5.30. The van der Waals surface area contributed by atoms with Crippen LogP contribution in [0.3, 0.4) is 0 Å². The minimum absolute atomic E-state index is 0.204. The van der Waals surface area contributed by atoms with Gasteiger partial charge in [-0.25, -0.2) is 0 Å². The molecule has 1 N–H and O–H groups in total. The topological polar surface area (TPSA) is 41.6 Å². The van der Waals surface area contributed by atoms with Gasteiger partial charge in [-0.15, -0.1) is 0 Å². The van der Waals surface area contributed by atoms with E-state index in [1.165, 1.54) is 12.8 Å². The first-order valence-electron chi connectivity index (χ1n) is 6.95. The highest BCUT2D eigenvalue weighted by molar-refractivity contribution is 5.81. The average Bonchev–Trinajstić information content (AvgIpc) is 2.40. The van der Waals surface area contributed by atoms with Gasteiger partial charge in [-0.2, -0.15) is 0 Å². The lowest BCUT2D eigenvalue weighted by molar-refractivity contribution is -0.149.